The van der Waals surface area contributed by atoms with Crippen molar-refractivity contribution in [3.8, 4) is 0 Å². The summed E-state index contributed by atoms with van der Waals surface area (Å²) in [6, 6.07) is 12.1. The van der Waals surface area contributed by atoms with Crippen LogP contribution in [0.1, 0.15) is 39.2 Å². The van der Waals surface area contributed by atoms with Crippen molar-refractivity contribution >= 4 is 58.4 Å². The highest BCUT2D eigenvalue weighted by molar-refractivity contribution is 7.99. The summed E-state index contributed by atoms with van der Waals surface area (Å²) in [7, 11) is 0. The summed E-state index contributed by atoms with van der Waals surface area (Å²) in [5, 5.41) is 4.51. The van der Waals surface area contributed by atoms with E-state index in [0.29, 0.717) is 33.5 Å². The van der Waals surface area contributed by atoms with Crippen molar-refractivity contribution < 1.29 is 9.59 Å². The third kappa shape index (κ3) is 8.23. The fraction of sp³-hybridized carbons (Fsp3) is 0.391. The van der Waals surface area contributed by atoms with Gasteiger partial charge in [0.2, 0.25) is 11.8 Å². The molecule has 2 amide bonds. The van der Waals surface area contributed by atoms with E-state index in [0.717, 1.165) is 10.6 Å². The van der Waals surface area contributed by atoms with Gasteiger partial charge in [0.25, 0.3) is 0 Å². The van der Waals surface area contributed by atoms with Crippen LogP contribution >= 0.6 is 46.6 Å². The predicted molar refractivity (Wildman–Crippen MR) is 131 cm³/mol. The molecule has 2 rings (SSSR count). The standard InChI is InChI=1S/C23H27Cl3N2O2S/c1-15(2)27-23(30)16(3)28(14-19-20(25)6-4-7-21(19)26)22(29)8-5-13-31-18-11-9-17(24)10-12-18/h4,6-7,9-12,15-16H,5,8,13-14H2,1-3H3,(H,27,30)/t16-/m1/s1. The number of hydrogen-bond donors (Lipinski definition) is 1. The van der Waals surface area contributed by atoms with Gasteiger partial charge in [-0.1, -0.05) is 40.9 Å². The summed E-state index contributed by atoms with van der Waals surface area (Å²) in [5.74, 6) is 0.460. The van der Waals surface area contributed by atoms with Gasteiger partial charge in [-0.2, -0.15) is 0 Å². The lowest BCUT2D eigenvalue weighted by Gasteiger charge is -2.30. The van der Waals surface area contributed by atoms with Crippen LogP contribution in [0.4, 0.5) is 0 Å². The number of halogens is 3. The van der Waals surface area contributed by atoms with Crippen molar-refractivity contribution in [1.82, 2.24) is 10.2 Å². The maximum atomic E-state index is 13.1. The molecule has 4 nitrogen and oxygen atoms in total. The summed E-state index contributed by atoms with van der Waals surface area (Å²) in [5.41, 5.74) is 0.638. The van der Waals surface area contributed by atoms with Gasteiger partial charge in [-0.3, -0.25) is 9.59 Å². The van der Waals surface area contributed by atoms with Crippen LogP contribution in [0.5, 0.6) is 0 Å². The minimum Gasteiger partial charge on any atom is -0.352 e. The van der Waals surface area contributed by atoms with Gasteiger partial charge in [0.15, 0.2) is 0 Å². The van der Waals surface area contributed by atoms with Crippen LogP contribution in [0.3, 0.4) is 0 Å². The molecule has 0 radical (unpaired) electrons. The van der Waals surface area contributed by atoms with E-state index >= 15 is 0 Å². The molecule has 0 aliphatic carbocycles. The van der Waals surface area contributed by atoms with Crippen molar-refractivity contribution in [3.63, 3.8) is 0 Å². The molecular formula is C23H27Cl3N2O2S. The van der Waals surface area contributed by atoms with E-state index in [1.165, 1.54) is 0 Å². The summed E-state index contributed by atoms with van der Waals surface area (Å²) in [4.78, 5) is 28.4. The van der Waals surface area contributed by atoms with Crippen LogP contribution in [0, 0.1) is 0 Å². The lowest BCUT2D eigenvalue weighted by atomic mass is 10.1. The van der Waals surface area contributed by atoms with E-state index in [-0.39, 0.29) is 24.4 Å². The zero-order valence-electron chi connectivity index (χ0n) is 17.8. The van der Waals surface area contributed by atoms with E-state index in [1.54, 1.807) is 41.8 Å². The lowest BCUT2D eigenvalue weighted by molar-refractivity contribution is -0.140. The van der Waals surface area contributed by atoms with Gasteiger partial charge in [-0.15, -0.1) is 11.8 Å². The van der Waals surface area contributed by atoms with Crippen LogP contribution in [0.25, 0.3) is 0 Å². The zero-order valence-corrected chi connectivity index (χ0v) is 20.9. The fourth-order valence-corrected chi connectivity index (χ4v) is 4.43. The average Bonchev–Trinajstić information content (AvgIpc) is 2.71. The molecule has 0 unspecified atom stereocenters. The van der Waals surface area contributed by atoms with Crippen molar-refractivity contribution in [2.24, 2.45) is 0 Å². The zero-order chi connectivity index (χ0) is 23.0. The molecule has 0 aliphatic rings. The first-order valence-corrected chi connectivity index (χ1v) is 12.2. The quantitative estimate of drug-likeness (QED) is 0.300. The summed E-state index contributed by atoms with van der Waals surface area (Å²) < 4.78 is 0. The van der Waals surface area contributed by atoms with Crippen LogP contribution < -0.4 is 5.32 Å². The number of thioether (sulfide) groups is 1. The van der Waals surface area contributed by atoms with Gasteiger partial charge < -0.3 is 10.2 Å². The Morgan fingerprint density at radius 3 is 2.19 bits per heavy atom. The van der Waals surface area contributed by atoms with Crippen LogP contribution in [0.15, 0.2) is 47.4 Å². The molecule has 0 fully saturated rings. The Morgan fingerprint density at radius 2 is 1.61 bits per heavy atom. The highest BCUT2D eigenvalue weighted by atomic mass is 35.5. The molecule has 0 aliphatic heterocycles. The SMILES string of the molecule is CC(C)NC(=O)[C@@H](C)N(Cc1c(Cl)cccc1Cl)C(=O)CCCSc1ccc(Cl)cc1. The highest BCUT2D eigenvalue weighted by Gasteiger charge is 2.27. The molecule has 8 heteroatoms. The molecule has 0 saturated carbocycles. The Labute approximate surface area is 203 Å². The van der Waals surface area contributed by atoms with Crippen LogP contribution in [0.2, 0.25) is 15.1 Å². The molecule has 168 valence electrons. The molecular weight excluding hydrogens is 475 g/mol. The minimum absolute atomic E-state index is 0.0217. The molecule has 0 heterocycles. The van der Waals surface area contributed by atoms with E-state index in [9.17, 15) is 9.59 Å². The monoisotopic (exact) mass is 500 g/mol. The molecule has 0 spiro atoms. The number of benzene rings is 2. The molecule has 1 atom stereocenters. The third-order valence-electron chi connectivity index (χ3n) is 4.61. The van der Waals surface area contributed by atoms with Crippen molar-refractivity contribution in [2.75, 3.05) is 5.75 Å². The number of carbonyl (C=O) groups is 2. The van der Waals surface area contributed by atoms with Gasteiger partial charge in [0, 0.05) is 44.5 Å². The van der Waals surface area contributed by atoms with E-state index in [2.05, 4.69) is 5.32 Å². The van der Waals surface area contributed by atoms with E-state index in [4.69, 9.17) is 34.8 Å². The second kappa shape index (κ2) is 12.6. The Bertz CT molecular complexity index is 871. The minimum atomic E-state index is -0.647. The van der Waals surface area contributed by atoms with E-state index < -0.39 is 6.04 Å². The van der Waals surface area contributed by atoms with Gasteiger partial charge in [-0.05, 0) is 69.3 Å². The smallest absolute Gasteiger partial charge is 0.242 e. The van der Waals surface area contributed by atoms with Crippen LogP contribution in [-0.4, -0.2) is 34.6 Å². The maximum absolute atomic E-state index is 13.1. The van der Waals surface area contributed by atoms with E-state index in [1.807, 2.05) is 38.1 Å². The Morgan fingerprint density at radius 1 is 1.00 bits per heavy atom. The topological polar surface area (TPSA) is 49.4 Å². The molecule has 1 N–H and O–H groups in total. The number of nitrogens with zero attached hydrogens (tertiary/aromatic N) is 1. The molecule has 2 aromatic carbocycles. The first-order chi connectivity index (χ1) is 14.7. The first kappa shape index (κ1) is 25.9. The molecule has 0 bridgehead atoms. The molecule has 0 aromatic heterocycles. The lowest BCUT2D eigenvalue weighted by Crippen LogP contribution is -2.49. The summed E-state index contributed by atoms with van der Waals surface area (Å²) in [6.45, 7) is 5.67. The maximum Gasteiger partial charge on any atom is 0.242 e. The number of rotatable bonds is 10. The molecule has 31 heavy (non-hydrogen) atoms. The largest absolute Gasteiger partial charge is 0.352 e. The number of carbonyl (C=O) groups excluding carboxylic acids is 2. The highest BCUT2D eigenvalue weighted by Crippen LogP contribution is 2.27. The number of amides is 2. The Balaban J connectivity index is 2.06. The Hall–Kier alpha value is -1.40. The average molecular weight is 502 g/mol. The third-order valence-corrected chi connectivity index (χ3v) is 6.66. The predicted octanol–water partition coefficient (Wildman–Crippen LogP) is 6.46. The van der Waals surface area contributed by atoms with Gasteiger partial charge >= 0.3 is 0 Å². The second-order valence-corrected chi connectivity index (χ2v) is 9.89. The summed E-state index contributed by atoms with van der Waals surface area (Å²) >= 11 is 20.2. The Kier molecular flexibility index (Phi) is 10.5. The van der Waals surface area contributed by atoms with Gasteiger partial charge in [0.05, 0.1) is 0 Å². The second-order valence-electron chi connectivity index (χ2n) is 7.47. The molecule has 2 aromatic rings. The normalized spacial score (nSPS) is 12.0. The van der Waals surface area contributed by atoms with Crippen molar-refractivity contribution in [3.05, 3.63) is 63.1 Å². The first-order valence-electron chi connectivity index (χ1n) is 10.1. The number of hydrogen-bond acceptors (Lipinski definition) is 3. The summed E-state index contributed by atoms with van der Waals surface area (Å²) in [6.07, 6.45) is 0.999. The van der Waals surface area contributed by atoms with Crippen molar-refractivity contribution in [2.45, 2.75) is 57.1 Å². The van der Waals surface area contributed by atoms with Crippen molar-refractivity contribution in [1.29, 1.82) is 0 Å². The van der Waals surface area contributed by atoms with Gasteiger partial charge in [0.1, 0.15) is 6.04 Å². The van der Waals surface area contributed by atoms with Crippen LogP contribution in [-0.2, 0) is 16.1 Å². The molecule has 0 saturated heterocycles. The van der Waals surface area contributed by atoms with Gasteiger partial charge in [-0.25, -0.2) is 0 Å². The number of nitrogens with one attached hydrogen (secondary N) is 1. The fourth-order valence-electron chi connectivity index (χ4n) is 2.93.